The minimum atomic E-state index is -4.48. The molecule has 1 rings (SSSR count). The molecule has 0 aromatic heterocycles. The van der Waals surface area contributed by atoms with Crippen LogP contribution in [0.25, 0.3) is 0 Å². The summed E-state index contributed by atoms with van der Waals surface area (Å²) in [5.74, 6) is 1.83. The first-order valence-electron chi connectivity index (χ1n) is 4.45. The third kappa shape index (κ3) is 2.91. The van der Waals surface area contributed by atoms with Gasteiger partial charge < -0.3 is 10.5 Å². The molecule has 0 amide bonds. The summed E-state index contributed by atoms with van der Waals surface area (Å²) in [7, 11) is 0. The largest absolute Gasteiger partial charge is 0.480 e. The quantitative estimate of drug-likeness (QED) is 0.806. The van der Waals surface area contributed by atoms with E-state index >= 15 is 0 Å². The van der Waals surface area contributed by atoms with E-state index in [1.807, 2.05) is 0 Å². The van der Waals surface area contributed by atoms with E-state index in [4.69, 9.17) is 16.9 Å². The molecule has 5 heteroatoms. The first-order chi connectivity index (χ1) is 7.49. The summed E-state index contributed by atoms with van der Waals surface area (Å²) in [6, 6.07) is 3.66. The number of rotatable bonds is 3. The SMILES string of the molecule is C#CCOc1ccc(CN)cc1C(F)(F)F. The topological polar surface area (TPSA) is 35.2 Å². The van der Waals surface area contributed by atoms with Gasteiger partial charge in [-0.1, -0.05) is 12.0 Å². The molecule has 0 saturated carbocycles. The van der Waals surface area contributed by atoms with Gasteiger partial charge in [0, 0.05) is 6.54 Å². The lowest BCUT2D eigenvalue weighted by Gasteiger charge is -2.13. The van der Waals surface area contributed by atoms with Gasteiger partial charge in [-0.05, 0) is 17.7 Å². The summed E-state index contributed by atoms with van der Waals surface area (Å²) in [6.45, 7) is -0.163. The third-order valence-electron chi connectivity index (χ3n) is 1.90. The smallest absolute Gasteiger partial charge is 0.419 e. The Hall–Kier alpha value is -1.67. The zero-order valence-corrected chi connectivity index (χ0v) is 8.34. The van der Waals surface area contributed by atoms with Crippen molar-refractivity contribution in [3.63, 3.8) is 0 Å². The van der Waals surface area contributed by atoms with Crippen molar-refractivity contribution in [2.24, 2.45) is 5.73 Å². The van der Waals surface area contributed by atoms with Crippen molar-refractivity contribution in [2.75, 3.05) is 6.61 Å². The van der Waals surface area contributed by atoms with Gasteiger partial charge in [0.1, 0.15) is 12.4 Å². The molecule has 86 valence electrons. The fraction of sp³-hybridized carbons (Fsp3) is 0.273. The number of ether oxygens (including phenoxy) is 1. The van der Waals surface area contributed by atoms with Gasteiger partial charge >= 0.3 is 6.18 Å². The number of benzene rings is 1. The predicted molar refractivity (Wildman–Crippen MR) is 53.7 cm³/mol. The van der Waals surface area contributed by atoms with Crippen LogP contribution in [0.2, 0.25) is 0 Å². The average molecular weight is 229 g/mol. The van der Waals surface area contributed by atoms with Crippen molar-refractivity contribution in [2.45, 2.75) is 12.7 Å². The predicted octanol–water partition coefficient (Wildman–Crippen LogP) is 2.18. The van der Waals surface area contributed by atoms with E-state index in [9.17, 15) is 13.2 Å². The lowest BCUT2D eigenvalue weighted by atomic mass is 10.1. The van der Waals surface area contributed by atoms with Crippen LogP contribution in [0.5, 0.6) is 5.75 Å². The van der Waals surface area contributed by atoms with Crippen LogP contribution in [-0.4, -0.2) is 6.61 Å². The Bertz CT molecular complexity index is 407. The summed E-state index contributed by atoms with van der Waals surface area (Å²) in [5, 5.41) is 0. The van der Waals surface area contributed by atoms with Gasteiger partial charge in [-0.25, -0.2) is 0 Å². The lowest BCUT2D eigenvalue weighted by molar-refractivity contribution is -0.138. The van der Waals surface area contributed by atoms with Crippen molar-refractivity contribution in [1.82, 2.24) is 0 Å². The number of hydrogen-bond donors (Lipinski definition) is 1. The van der Waals surface area contributed by atoms with E-state index in [0.29, 0.717) is 5.56 Å². The van der Waals surface area contributed by atoms with Crippen molar-refractivity contribution >= 4 is 0 Å². The van der Waals surface area contributed by atoms with Gasteiger partial charge in [-0.15, -0.1) is 6.42 Å². The van der Waals surface area contributed by atoms with Crippen molar-refractivity contribution < 1.29 is 17.9 Å². The van der Waals surface area contributed by atoms with Gasteiger partial charge in [0.15, 0.2) is 0 Å². The molecule has 1 aromatic carbocycles. The van der Waals surface area contributed by atoms with Crippen LogP contribution < -0.4 is 10.5 Å². The molecule has 0 fully saturated rings. The molecule has 1 aromatic rings. The molecule has 16 heavy (non-hydrogen) atoms. The third-order valence-corrected chi connectivity index (χ3v) is 1.90. The highest BCUT2D eigenvalue weighted by Gasteiger charge is 2.34. The van der Waals surface area contributed by atoms with Gasteiger partial charge in [0.05, 0.1) is 5.56 Å². The second-order valence-corrected chi connectivity index (χ2v) is 3.03. The normalized spacial score (nSPS) is 10.9. The van der Waals surface area contributed by atoms with E-state index in [0.717, 1.165) is 6.07 Å². The maximum Gasteiger partial charge on any atom is 0.419 e. The average Bonchev–Trinajstić information content (AvgIpc) is 2.25. The highest BCUT2D eigenvalue weighted by molar-refractivity contribution is 5.39. The Morgan fingerprint density at radius 1 is 1.38 bits per heavy atom. The van der Waals surface area contributed by atoms with Crippen LogP contribution in [0, 0.1) is 12.3 Å². The van der Waals surface area contributed by atoms with Crippen molar-refractivity contribution in [3.05, 3.63) is 29.3 Å². The molecule has 0 atom stereocenters. The van der Waals surface area contributed by atoms with E-state index in [1.54, 1.807) is 0 Å². The van der Waals surface area contributed by atoms with Crippen LogP contribution in [-0.2, 0) is 12.7 Å². The Kier molecular flexibility index (Phi) is 3.80. The molecule has 2 nitrogen and oxygen atoms in total. The molecule has 0 bridgehead atoms. The monoisotopic (exact) mass is 229 g/mol. The Balaban J connectivity index is 3.12. The molecular formula is C11H10F3NO. The number of nitrogens with two attached hydrogens (primary N) is 1. The van der Waals surface area contributed by atoms with Crippen LogP contribution in [0.3, 0.4) is 0 Å². The van der Waals surface area contributed by atoms with Gasteiger partial charge in [0.2, 0.25) is 0 Å². The van der Waals surface area contributed by atoms with Crippen LogP contribution in [0.4, 0.5) is 13.2 Å². The summed E-state index contributed by atoms with van der Waals surface area (Å²) < 4.78 is 42.7. The molecule has 0 spiro atoms. The highest BCUT2D eigenvalue weighted by atomic mass is 19.4. The molecule has 0 aliphatic rings. The molecule has 2 N–H and O–H groups in total. The molecule has 0 aliphatic carbocycles. The molecule has 0 saturated heterocycles. The van der Waals surface area contributed by atoms with E-state index in [2.05, 4.69) is 5.92 Å². The minimum absolute atomic E-state index is 0.0402. The maximum atomic E-state index is 12.6. The number of hydrogen-bond acceptors (Lipinski definition) is 2. The second-order valence-electron chi connectivity index (χ2n) is 3.03. The van der Waals surface area contributed by atoms with Gasteiger partial charge in [-0.3, -0.25) is 0 Å². The number of alkyl halides is 3. The van der Waals surface area contributed by atoms with E-state index < -0.39 is 11.7 Å². The van der Waals surface area contributed by atoms with Crippen LogP contribution >= 0.6 is 0 Å². The molecular weight excluding hydrogens is 219 g/mol. The van der Waals surface area contributed by atoms with Crippen molar-refractivity contribution in [3.8, 4) is 18.1 Å². The van der Waals surface area contributed by atoms with Gasteiger partial charge in [-0.2, -0.15) is 13.2 Å². The summed E-state index contributed by atoms with van der Waals surface area (Å²) >= 11 is 0. The van der Waals surface area contributed by atoms with Gasteiger partial charge in [0.25, 0.3) is 0 Å². The second kappa shape index (κ2) is 4.90. The lowest BCUT2D eigenvalue weighted by Crippen LogP contribution is -2.10. The first kappa shape index (κ1) is 12.4. The Morgan fingerprint density at radius 3 is 2.56 bits per heavy atom. The fourth-order valence-electron chi connectivity index (χ4n) is 1.17. The highest BCUT2D eigenvalue weighted by Crippen LogP contribution is 2.36. The molecule has 0 radical (unpaired) electrons. The molecule has 0 unspecified atom stereocenters. The summed E-state index contributed by atoms with van der Waals surface area (Å²) in [6.07, 6.45) is 0.438. The molecule has 0 heterocycles. The Labute approximate surface area is 91.2 Å². The standard InChI is InChI=1S/C11H10F3NO/c1-2-5-16-10-4-3-8(7-15)6-9(10)11(12,13)14/h1,3-4,6H,5,7,15H2. The minimum Gasteiger partial charge on any atom is -0.480 e. The summed E-state index contributed by atoms with van der Waals surface area (Å²) in [5.41, 5.74) is 4.81. The van der Waals surface area contributed by atoms with Crippen molar-refractivity contribution in [1.29, 1.82) is 0 Å². The Morgan fingerprint density at radius 2 is 2.06 bits per heavy atom. The van der Waals surface area contributed by atoms with Crippen LogP contribution in [0.15, 0.2) is 18.2 Å². The number of terminal acetylenes is 1. The zero-order chi connectivity index (χ0) is 12.2. The zero-order valence-electron chi connectivity index (χ0n) is 8.34. The van der Waals surface area contributed by atoms with Crippen LogP contribution in [0.1, 0.15) is 11.1 Å². The maximum absolute atomic E-state index is 12.6. The number of halogens is 3. The fourth-order valence-corrected chi connectivity index (χ4v) is 1.17. The van der Waals surface area contributed by atoms with E-state index in [-0.39, 0.29) is 18.9 Å². The molecule has 0 aliphatic heterocycles. The summed E-state index contributed by atoms with van der Waals surface area (Å²) in [4.78, 5) is 0. The first-order valence-corrected chi connectivity index (χ1v) is 4.45. The van der Waals surface area contributed by atoms with E-state index in [1.165, 1.54) is 12.1 Å².